The quantitative estimate of drug-likeness (QED) is 0.529. The van der Waals surface area contributed by atoms with Crippen LogP contribution in [-0.4, -0.2) is 29.0 Å². The highest BCUT2D eigenvalue weighted by molar-refractivity contribution is 6.17. The highest BCUT2D eigenvalue weighted by Crippen LogP contribution is 2.21. The number of hydrogen-bond donors (Lipinski definition) is 1. The zero-order chi connectivity index (χ0) is 14.0. The van der Waals surface area contributed by atoms with E-state index in [0.29, 0.717) is 5.56 Å². The Bertz CT molecular complexity index is 636. The van der Waals surface area contributed by atoms with Crippen molar-refractivity contribution in [1.82, 2.24) is 4.57 Å². The van der Waals surface area contributed by atoms with Crippen LogP contribution < -0.4 is 5.73 Å². The second-order valence-corrected chi connectivity index (χ2v) is 4.26. The Balaban J connectivity index is 0.00000200. The monoisotopic (exact) mass is 296 g/mol. The van der Waals surface area contributed by atoms with Gasteiger partial charge in [0.2, 0.25) is 0 Å². The third-order valence-electron chi connectivity index (χ3n) is 2.99. The van der Waals surface area contributed by atoms with Gasteiger partial charge in [-0.1, -0.05) is 18.2 Å². The number of aromatic nitrogens is 1. The van der Waals surface area contributed by atoms with Crippen LogP contribution in [0.4, 0.5) is 0 Å². The maximum Gasteiger partial charge on any atom is 0.331 e. The predicted octanol–water partition coefficient (Wildman–Crippen LogP) is 1.67. The Kier molecular flexibility index (Phi) is 5.30. The van der Waals surface area contributed by atoms with E-state index in [1.54, 1.807) is 13.1 Å². The summed E-state index contributed by atoms with van der Waals surface area (Å²) in [5.74, 6) is -1.12. The van der Waals surface area contributed by atoms with Crippen LogP contribution in [-0.2, 0) is 16.6 Å². The van der Waals surface area contributed by atoms with Crippen molar-refractivity contribution in [2.75, 3.05) is 6.61 Å². The van der Waals surface area contributed by atoms with E-state index >= 15 is 0 Å². The predicted molar refractivity (Wildman–Crippen MR) is 79.1 cm³/mol. The highest BCUT2D eigenvalue weighted by atomic mass is 35.5. The number of carbonyl (C=O) groups excluding carboxylic acids is 2. The summed E-state index contributed by atoms with van der Waals surface area (Å²) >= 11 is 0. The number of nitrogens with two attached hydrogens (primary N) is 1. The molecule has 0 bridgehead atoms. The number of ketones is 1. The normalized spacial score (nSPS) is 11.8. The molecule has 1 atom stereocenters. The number of rotatable bonds is 4. The molecule has 0 aliphatic heterocycles. The van der Waals surface area contributed by atoms with Crippen molar-refractivity contribution in [3.8, 4) is 0 Å². The lowest BCUT2D eigenvalue weighted by Crippen LogP contribution is -2.40. The van der Waals surface area contributed by atoms with Crippen LogP contribution in [0.15, 0.2) is 30.5 Å². The maximum absolute atomic E-state index is 12.2. The summed E-state index contributed by atoms with van der Waals surface area (Å²) in [4.78, 5) is 23.8. The van der Waals surface area contributed by atoms with E-state index in [1.165, 1.54) is 0 Å². The first kappa shape index (κ1) is 16.2. The number of fused-ring (bicyclic) bond motifs is 1. The van der Waals surface area contributed by atoms with Crippen molar-refractivity contribution in [2.45, 2.75) is 13.0 Å². The van der Waals surface area contributed by atoms with Crippen LogP contribution in [0.1, 0.15) is 17.3 Å². The summed E-state index contributed by atoms with van der Waals surface area (Å²) in [6.07, 6.45) is 1.69. The Morgan fingerprint density at radius 1 is 1.35 bits per heavy atom. The molecule has 1 unspecified atom stereocenters. The van der Waals surface area contributed by atoms with Crippen molar-refractivity contribution in [3.63, 3.8) is 0 Å². The fourth-order valence-electron chi connectivity index (χ4n) is 2.04. The molecule has 0 aliphatic carbocycles. The van der Waals surface area contributed by atoms with Gasteiger partial charge in [-0.25, -0.2) is 4.79 Å². The molecule has 2 N–H and O–H groups in total. The molecule has 0 fully saturated rings. The van der Waals surface area contributed by atoms with E-state index < -0.39 is 17.8 Å². The SMILES string of the molecule is CCOC(=O)C(N)C(=O)c1cn(C)c2ccccc12.Cl. The molecule has 0 aliphatic rings. The molecule has 2 aromatic rings. The van der Waals surface area contributed by atoms with Gasteiger partial charge in [0.05, 0.1) is 6.61 Å². The lowest BCUT2D eigenvalue weighted by atomic mass is 10.0. The number of halogens is 1. The Morgan fingerprint density at radius 3 is 2.65 bits per heavy atom. The number of ether oxygens (including phenoxy) is 1. The van der Waals surface area contributed by atoms with Crippen molar-refractivity contribution in [1.29, 1.82) is 0 Å². The molecule has 0 radical (unpaired) electrons. The van der Waals surface area contributed by atoms with Crippen LogP contribution in [0.25, 0.3) is 10.9 Å². The molecule has 1 aromatic carbocycles. The number of esters is 1. The third kappa shape index (κ3) is 2.84. The summed E-state index contributed by atoms with van der Waals surface area (Å²) in [5, 5.41) is 0.787. The van der Waals surface area contributed by atoms with E-state index in [1.807, 2.05) is 35.9 Å². The Labute approximate surface area is 123 Å². The number of para-hydroxylation sites is 1. The van der Waals surface area contributed by atoms with E-state index in [-0.39, 0.29) is 19.0 Å². The minimum atomic E-state index is -1.27. The van der Waals surface area contributed by atoms with Gasteiger partial charge in [0.15, 0.2) is 11.8 Å². The molecular weight excluding hydrogens is 280 g/mol. The summed E-state index contributed by atoms with van der Waals surface area (Å²) < 4.78 is 6.61. The van der Waals surface area contributed by atoms with Gasteiger partial charge in [-0.15, -0.1) is 12.4 Å². The van der Waals surface area contributed by atoms with E-state index in [4.69, 9.17) is 10.5 Å². The largest absolute Gasteiger partial charge is 0.464 e. The van der Waals surface area contributed by atoms with E-state index in [9.17, 15) is 9.59 Å². The first-order valence-corrected chi connectivity index (χ1v) is 6.06. The second-order valence-electron chi connectivity index (χ2n) is 4.26. The molecule has 0 amide bonds. The van der Waals surface area contributed by atoms with Crippen molar-refractivity contribution in [3.05, 3.63) is 36.0 Å². The van der Waals surface area contributed by atoms with Gasteiger partial charge in [-0.2, -0.15) is 0 Å². The van der Waals surface area contributed by atoms with Crippen LogP contribution >= 0.6 is 12.4 Å². The summed E-state index contributed by atoms with van der Waals surface area (Å²) in [7, 11) is 1.84. The van der Waals surface area contributed by atoms with Crippen molar-refractivity contribution < 1.29 is 14.3 Å². The highest BCUT2D eigenvalue weighted by Gasteiger charge is 2.27. The molecule has 1 heterocycles. The topological polar surface area (TPSA) is 74.3 Å². The van der Waals surface area contributed by atoms with E-state index in [2.05, 4.69) is 0 Å². The number of Topliss-reactive ketones (excluding diaryl/α,β-unsaturated/α-hetero) is 1. The summed E-state index contributed by atoms with van der Waals surface area (Å²) in [5.41, 5.74) is 7.01. The third-order valence-corrected chi connectivity index (χ3v) is 2.99. The average molecular weight is 297 g/mol. The lowest BCUT2D eigenvalue weighted by Gasteiger charge is -2.08. The molecule has 0 saturated heterocycles. The number of hydrogen-bond acceptors (Lipinski definition) is 4. The maximum atomic E-state index is 12.2. The lowest BCUT2D eigenvalue weighted by molar-refractivity contribution is -0.143. The summed E-state index contributed by atoms with van der Waals surface area (Å²) in [6.45, 7) is 1.88. The first-order chi connectivity index (χ1) is 9.06. The van der Waals surface area contributed by atoms with Crippen LogP contribution in [0.3, 0.4) is 0 Å². The summed E-state index contributed by atoms with van der Waals surface area (Å²) in [6, 6.07) is 6.20. The number of nitrogens with zero attached hydrogens (tertiary/aromatic N) is 1. The molecule has 0 saturated carbocycles. The van der Waals surface area contributed by atoms with Gasteiger partial charge in [0.1, 0.15) is 0 Å². The Hall–Kier alpha value is -1.85. The fourth-order valence-corrected chi connectivity index (χ4v) is 2.04. The molecule has 6 heteroatoms. The van der Waals surface area contributed by atoms with Crippen LogP contribution in [0.2, 0.25) is 0 Å². The zero-order valence-corrected chi connectivity index (χ0v) is 12.1. The molecule has 1 aromatic heterocycles. The number of aryl methyl sites for hydroxylation is 1. The van der Waals surface area contributed by atoms with Gasteiger partial charge in [0, 0.05) is 29.7 Å². The molecule has 20 heavy (non-hydrogen) atoms. The van der Waals surface area contributed by atoms with Gasteiger partial charge < -0.3 is 15.0 Å². The van der Waals surface area contributed by atoms with Crippen LogP contribution in [0.5, 0.6) is 0 Å². The van der Waals surface area contributed by atoms with Gasteiger partial charge in [0.25, 0.3) is 0 Å². The van der Waals surface area contributed by atoms with Gasteiger partial charge >= 0.3 is 5.97 Å². The van der Waals surface area contributed by atoms with Crippen LogP contribution in [0, 0.1) is 0 Å². The number of carbonyl (C=O) groups is 2. The fraction of sp³-hybridized carbons (Fsp3) is 0.286. The van der Waals surface area contributed by atoms with Crippen molar-refractivity contribution >= 4 is 35.1 Å². The minimum absolute atomic E-state index is 0. The van der Waals surface area contributed by atoms with Gasteiger partial charge in [-0.05, 0) is 13.0 Å². The molecule has 5 nitrogen and oxygen atoms in total. The van der Waals surface area contributed by atoms with Gasteiger partial charge in [-0.3, -0.25) is 4.79 Å². The molecule has 2 rings (SSSR count). The minimum Gasteiger partial charge on any atom is -0.464 e. The number of benzene rings is 1. The first-order valence-electron chi connectivity index (χ1n) is 6.06. The molecule has 108 valence electrons. The average Bonchev–Trinajstić information content (AvgIpc) is 2.75. The van der Waals surface area contributed by atoms with Crippen molar-refractivity contribution in [2.24, 2.45) is 12.8 Å². The molecular formula is C14H17ClN2O3. The second kappa shape index (κ2) is 6.54. The smallest absolute Gasteiger partial charge is 0.331 e. The molecule has 0 spiro atoms. The zero-order valence-electron chi connectivity index (χ0n) is 11.3. The Morgan fingerprint density at radius 2 is 2.00 bits per heavy atom. The standard InChI is InChI=1S/C14H16N2O3.ClH/c1-3-19-14(18)12(15)13(17)10-8-16(2)11-7-5-4-6-9(10)11;/h4-8,12H,3,15H2,1-2H3;1H. The van der Waals surface area contributed by atoms with E-state index in [0.717, 1.165) is 10.9 Å².